The Bertz CT molecular complexity index is 309. The molecule has 1 aliphatic rings. The van der Waals surface area contributed by atoms with E-state index in [1.165, 1.54) is 18.9 Å². The van der Waals surface area contributed by atoms with E-state index >= 15 is 0 Å². The summed E-state index contributed by atoms with van der Waals surface area (Å²) in [5.41, 5.74) is 0. The number of thiocarbonyl (C=S) groups is 1. The predicted molar refractivity (Wildman–Crippen MR) is 80.4 cm³/mol. The lowest BCUT2D eigenvalue weighted by molar-refractivity contribution is -0.161. The van der Waals surface area contributed by atoms with E-state index in [9.17, 15) is 4.79 Å². The van der Waals surface area contributed by atoms with Gasteiger partial charge in [0.25, 0.3) is 0 Å². The van der Waals surface area contributed by atoms with Crippen molar-refractivity contribution in [1.29, 1.82) is 0 Å². The monoisotopic (exact) mass is 306 g/mol. The molecule has 0 aromatic carbocycles. The molecule has 1 unspecified atom stereocenters. The highest BCUT2D eigenvalue weighted by Crippen LogP contribution is 2.34. The Morgan fingerprint density at radius 1 is 1.53 bits per heavy atom. The predicted octanol–water partition coefficient (Wildman–Crippen LogP) is 2.79. The zero-order chi connectivity index (χ0) is 14.3. The van der Waals surface area contributed by atoms with Gasteiger partial charge in [0.15, 0.2) is 6.10 Å². The molecule has 1 fully saturated rings. The Hall–Kier alpha value is -0.330. The fourth-order valence-corrected chi connectivity index (χ4v) is 3.84. The first-order valence-electron chi connectivity index (χ1n) is 6.66. The van der Waals surface area contributed by atoms with E-state index in [0.29, 0.717) is 17.6 Å². The van der Waals surface area contributed by atoms with Crippen molar-refractivity contribution in [2.24, 2.45) is 5.92 Å². The van der Waals surface area contributed by atoms with Crippen molar-refractivity contribution in [1.82, 2.24) is 0 Å². The second kappa shape index (κ2) is 8.76. The Labute approximate surface area is 124 Å². The number of hydrogen-bond donors (Lipinski definition) is 0. The maximum absolute atomic E-state index is 11.8. The second-order valence-corrected chi connectivity index (χ2v) is 6.21. The van der Waals surface area contributed by atoms with Crippen LogP contribution in [0.4, 0.5) is 0 Å². The highest BCUT2D eigenvalue weighted by molar-refractivity contribution is 8.23. The van der Waals surface area contributed by atoms with Gasteiger partial charge in [-0.2, -0.15) is 0 Å². The van der Waals surface area contributed by atoms with Crippen molar-refractivity contribution in [2.75, 3.05) is 20.3 Å². The normalized spacial score (nSPS) is 24.6. The van der Waals surface area contributed by atoms with Crippen molar-refractivity contribution in [3.63, 3.8) is 0 Å². The molecular weight excluding hydrogens is 284 g/mol. The Balaban J connectivity index is 2.69. The third-order valence-corrected chi connectivity index (χ3v) is 4.89. The van der Waals surface area contributed by atoms with Gasteiger partial charge in [-0.25, -0.2) is 4.79 Å². The van der Waals surface area contributed by atoms with Gasteiger partial charge in [0.1, 0.15) is 0 Å². The minimum atomic E-state index is -0.472. The van der Waals surface area contributed by atoms with Gasteiger partial charge >= 0.3 is 5.97 Å². The molecule has 1 heterocycles. The van der Waals surface area contributed by atoms with Crippen LogP contribution in [0.25, 0.3) is 0 Å². The summed E-state index contributed by atoms with van der Waals surface area (Å²) in [4.78, 5) is 11.8. The number of methoxy groups -OCH3 is 1. The SMILES string of the molecule is CCOC(=S)SC(CC)[C@@H]1CCCO[C@@H]1C(=O)OC. The molecule has 1 saturated heterocycles. The molecule has 0 aromatic heterocycles. The van der Waals surface area contributed by atoms with Crippen molar-refractivity contribution in [3.8, 4) is 0 Å². The summed E-state index contributed by atoms with van der Waals surface area (Å²) >= 11 is 6.71. The topological polar surface area (TPSA) is 44.8 Å². The molecular formula is C13H22O4S2. The van der Waals surface area contributed by atoms with Crippen LogP contribution in [0.3, 0.4) is 0 Å². The molecule has 0 aliphatic carbocycles. The number of esters is 1. The number of hydrogen-bond acceptors (Lipinski definition) is 6. The summed E-state index contributed by atoms with van der Waals surface area (Å²) < 4.78 is 16.3. The molecule has 4 nitrogen and oxygen atoms in total. The summed E-state index contributed by atoms with van der Waals surface area (Å²) in [6.07, 6.45) is 2.37. The van der Waals surface area contributed by atoms with Crippen LogP contribution in [0.2, 0.25) is 0 Å². The molecule has 0 spiro atoms. The van der Waals surface area contributed by atoms with Gasteiger partial charge in [-0.1, -0.05) is 18.7 Å². The van der Waals surface area contributed by atoms with Crippen LogP contribution in [0.15, 0.2) is 0 Å². The molecule has 0 radical (unpaired) electrons. The van der Waals surface area contributed by atoms with Crippen molar-refractivity contribution >= 4 is 34.3 Å². The molecule has 0 N–H and O–H groups in total. The van der Waals surface area contributed by atoms with E-state index in [4.69, 9.17) is 26.4 Å². The summed E-state index contributed by atoms with van der Waals surface area (Å²) in [5.74, 6) is -0.152. The van der Waals surface area contributed by atoms with Crippen molar-refractivity contribution in [2.45, 2.75) is 44.5 Å². The second-order valence-electron chi connectivity index (χ2n) is 4.37. The Kier molecular flexibility index (Phi) is 7.71. The maximum atomic E-state index is 11.8. The largest absolute Gasteiger partial charge is 0.479 e. The molecule has 3 atom stereocenters. The fourth-order valence-electron chi connectivity index (χ4n) is 2.29. The van der Waals surface area contributed by atoms with Crippen LogP contribution in [0.5, 0.6) is 0 Å². The third-order valence-electron chi connectivity index (χ3n) is 3.19. The van der Waals surface area contributed by atoms with Gasteiger partial charge in [-0.05, 0) is 38.4 Å². The van der Waals surface area contributed by atoms with Gasteiger partial charge < -0.3 is 14.2 Å². The van der Waals surface area contributed by atoms with Crippen LogP contribution < -0.4 is 0 Å². The lowest BCUT2D eigenvalue weighted by atomic mass is 9.89. The minimum Gasteiger partial charge on any atom is -0.479 e. The van der Waals surface area contributed by atoms with Gasteiger partial charge in [-0.3, -0.25) is 0 Å². The molecule has 1 rings (SSSR count). The first-order valence-corrected chi connectivity index (χ1v) is 7.95. The van der Waals surface area contributed by atoms with E-state index < -0.39 is 6.10 Å². The average molecular weight is 306 g/mol. The zero-order valence-electron chi connectivity index (χ0n) is 11.7. The van der Waals surface area contributed by atoms with Gasteiger partial charge in [-0.15, -0.1) is 0 Å². The smallest absolute Gasteiger partial charge is 0.335 e. The summed E-state index contributed by atoms with van der Waals surface area (Å²) in [6.45, 7) is 5.20. The van der Waals surface area contributed by atoms with E-state index in [1.54, 1.807) is 0 Å². The molecule has 6 heteroatoms. The number of carbonyl (C=O) groups excluding carboxylic acids is 1. The third kappa shape index (κ3) is 4.93. The Morgan fingerprint density at radius 3 is 2.84 bits per heavy atom. The summed E-state index contributed by atoms with van der Waals surface area (Å²) in [7, 11) is 1.40. The van der Waals surface area contributed by atoms with Crippen LogP contribution in [0.1, 0.15) is 33.1 Å². The van der Waals surface area contributed by atoms with Crippen LogP contribution >= 0.6 is 24.0 Å². The van der Waals surface area contributed by atoms with E-state index in [2.05, 4.69) is 6.92 Å². The Morgan fingerprint density at radius 2 is 2.26 bits per heavy atom. The molecule has 110 valence electrons. The van der Waals surface area contributed by atoms with Crippen molar-refractivity contribution in [3.05, 3.63) is 0 Å². The molecule has 0 aromatic rings. The molecule has 0 amide bonds. The van der Waals surface area contributed by atoms with Crippen molar-refractivity contribution < 1.29 is 19.0 Å². The number of rotatable bonds is 5. The number of carbonyl (C=O) groups is 1. The standard InChI is InChI=1S/C13H22O4S2/c1-4-10(19-13(18)16-5-2)9-7-6-8-17-11(9)12(14)15-3/h9-11H,4-8H2,1-3H3/t9-,10?,11-/m0/s1. The van der Waals surface area contributed by atoms with Crippen LogP contribution in [-0.2, 0) is 19.0 Å². The number of thioether (sulfide) groups is 1. The maximum Gasteiger partial charge on any atom is 0.335 e. The highest BCUT2D eigenvalue weighted by atomic mass is 32.2. The molecule has 0 saturated carbocycles. The minimum absolute atomic E-state index is 0.134. The first kappa shape index (κ1) is 16.7. The van der Waals surface area contributed by atoms with E-state index in [1.807, 2.05) is 6.92 Å². The summed E-state index contributed by atoms with van der Waals surface area (Å²) in [5, 5.41) is 0.225. The van der Waals surface area contributed by atoms with Crippen LogP contribution in [0, 0.1) is 5.92 Å². The lowest BCUT2D eigenvalue weighted by Gasteiger charge is -2.34. The molecule has 0 bridgehead atoms. The quantitative estimate of drug-likeness (QED) is 0.575. The highest BCUT2D eigenvalue weighted by Gasteiger charge is 2.38. The first-order chi connectivity index (χ1) is 9.13. The van der Waals surface area contributed by atoms with Gasteiger partial charge in [0.05, 0.1) is 13.7 Å². The average Bonchev–Trinajstić information content (AvgIpc) is 2.44. The van der Waals surface area contributed by atoms with E-state index in [0.717, 1.165) is 19.3 Å². The van der Waals surface area contributed by atoms with Gasteiger partial charge in [0.2, 0.25) is 4.38 Å². The lowest BCUT2D eigenvalue weighted by Crippen LogP contribution is -2.42. The zero-order valence-corrected chi connectivity index (χ0v) is 13.4. The fraction of sp³-hybridized carbons (Fsp3) is 0.846. The summed E-state index contributed by atoms with van der Waals surface area (Å²) in [6, 6.07) is 0. The molecule has 1 aliphatic heterocycles. The number of ether oxygens (including phenoxy) is 3. The molecule has 19 heavy (non-hydrogen) atoms. The van der Waals surface area contributed by atoms with E-state index in [-0.39, 0.29) is 17.1 Å². The van der Waals surface area contributed by atoms with Gasteiger partial charge in [0, 0.05) is 17.8 Å². The van der Waals surface area contributed by atoms with Crippen LogP contribution in [-0.4, -0.2) is 42.0 Å².